The average molecular weight is 346 g/mol. The van der Waals surface area contributed by atoms with Crippen molar-refractivity contribution < 1.29 is 18.0 Å². The molecule has 0 aliphatic carbocycles. The Balaban J connectivity index is 2.04. The average Bonchev–Trinajstić information content (AvgIpc) is 2.72. The minimum Gasteiger partial charge on any atom is -0.350 e. The van der Waals surface area contributed by atoms with E-state index in [0.717, 1.165) is 6.07 Å². The Morgan fingerprint density at radius 2 is 1.96 bits per heavy atom. The fourth-order valence-electron chi connectivity index (χ4n) is 2.17. The molecule has 2 aromatic rings. The van der Waals surface area contributed by atoms with Gasteiger partial charge in [0.2, 0.25) is 5.91 Å². The number of aryl methyl sites for hydroxylation is 1. The van der Waals surface area contributed by atoms with Crippen LogP contribution in [0.15, 0.2) is 24.3 Å². The Morgan fingerprint density at radius 1 is 1.30 bits per heavy atom. The van der Waals surface area contributed by atoms with Crippen LogP contribution in [0.4, 0.5) is 13.2 Å². The molecule has 1 aromatic carbocycles. The summed E-state index contributed by atoms with van der Waals surface area (Å²) in [5.74, 6) is -0.441. The molecule has 0 bridgehead atoms. The van der Waals surface area contributed by atoms with Crippen LogP contribution in [-0.2, 0) is 24.1 Å². The third-order valence-corrected chi connectivity index (χ3v) is 3.93. The molecule has 0 saturated heterocycles. The van der Waals surface area contributed by atoms with Gasteiger partial charge in [0.05, 0.1) is 22.0 Å². The lowest BCUT2D eigenvalue weighted by Gasteiger charge is -2.13. The molecule has 0 fully saturated rings. The van der Waals surface area contributed by atoms with Crippen LogP contribution in [0.3, 0.4) is 0 Å². The highest BCUT2D eigenvalue weighted by molar-refractivity contribution is 6.31. The fraction of sp³-hybridized carbons (Fsp3) is 0.333. The maximum atomic E-state index is 12.9. The Hall–Kier alpha value is -2.02. The molecule has 0 aliphatic heterocycles. The van der Waals surface area contributed by atoms with Crippen molar-refractivity contribution >= 4 is 17.5 Å². The molecule has 0 spiro atoms. The van der Waals surface area contributed by atoms with Gasteiger partial charge in [-0.2, -0.15) is 18.3 Å². The molecule has 0 atom stereocenters. The Kier molecular flexibility index (Phi) is 4.99. The zero-order chi connectivity index (χ0) is 17.2. The topological polar surface area (TPSA) is 46.9 Å². The molecule has 1 N–H and O–H groups in total. The number of benzene rings is 1. The molecule has 1 amide bonds. The van der Waals surface area contributed by atoms with Crippen LogP contribution in [0.1, 0.15) is 22.5 Å². The summed E-state index contributed by atoms with van der Waals surface area (Å²) in [7, 11) is 0. The second-order valence-electron chi connectivity index (χ2n) is 5.07. The highest BCUT2D eigenvalue weighted by Gasteiger charge is 2.32. The summed E-state index contributed by atoms with van der Waals surface area (Å²) in [6.07, 6.45) is -4.45. The van der Waals surface area contributed by atoms with Gasteiger partial charge in [0.25, 0.3) is 0 Å². The lowest BCUT2D eigenvalue weighted by Crippen LogP contribution is -2.29. The molecule has 23 heavy (non-hydrogen) atoms. The van der Waals surface area contributed by atoms with Crippen LogP contribution in [-0.4, -0.2) is 15.7 Å². The van der Waals surface area contributed by atoms with Gasteiger partial charge in [0.1, 0.15) is 6.54 Å². The van der Waals surface area contributed by atoms with Gasteiger partial charge in [-0.3, -0.25) is 9.48 Å². The largest absolute Gasteiger partial charge is 0.416 e. The van der Waals surface area contributed by atoms with Gasteiger partial charge in [-0.15, -0.1) is 0 Å². The molecule has 0 saturated carbocycles. The number of carbonyl (C=O) groups excluding carboxylic acids is 1. The summed E-state index contributed by atoms with van der Waals surface area (Å²) in [5, 5.41) is 7.05. The van der Waals surface area contributed by atoms with Crippen molar-refractivity contribution in [2.75, 3.05) is 0 Å². The van der Waals surface area contributed by atoms with Gasteiger partial charge in [-0.1, -0.05) is 29.8 Å². The number of nitrogens with one attached hydrogen (secondary N) is 1. The first-order valence-corrected chi connectivity index (χ1v) is 7.19. The van der Waals surface area contributed by atoms with Crippen molar-refractivity contribution in [1.82, 2.24) is 15.1 Å². The van der Waals surface area contributed by atoms with E-state index in [1.54, 1.807) is 13.8 Å². The zero-order valence-corrected chi connectivity index (χ0v) is 13.3. The predicted octanol–water partition coefficient (Wildman–Crippen LogP) is 3.49. The van der Waals surface area contributed by atoms with Crippen molar-refractivity contribution in [3.05, 3.63) is 51.8 Å². The molecule has 1 heterocycles. The number of rotatable bonds is 4. The Morgan fingerprint density at radius 3 is 2.52 bits per heavy atom. The lowest BCUT2D eigenvalue weighted by atomic mass is 10.1. The number of aromatic nitrogens is 2. The maximum absolute atomic E-state index is 12.9. The monoisotopic (exact) mass is 345 g/mol. The van der Waals surface area contributed by atoms with E-state index in [2.05, 4.69) is 10.4 Å². The number of nitrogens with zero attached hydrogens (tertiary/aromatic N) is 2. The van der Waals surface area contributed by atoms with E-state index in [4.69, 9.17) is 11.6 Å². The Labute approximate surface area is 136 Å². The van der Waals surface area contributed by atoms with Crippen LogP contribution in [0.25, 0.3) is 0 Å². The number of alkyl halides is 3. The molecule has 4 nitrogen and oxygen atoms in total. The van der Waals surface area contributed by atoms with E-state index in [9.17, 15) is 18.0 Å². The third-order valence-electron chi connectivity index (χ3n) is 3.39. The first kappa shape index (κ1) is 17.3. The summed E-state index contributed by atoms with van der Waals surface area (Å²) in [6.45, 7) is 3.12. The normalized spacial score (nSPS) is 11.6. The Bertz CT molecular complexity index is 725. The third kappa shape index (κ3) is 4.04. The van der Waals surface area contributed by atoms with Crippen molar-refractivity contribution in [3.63, 3.8) is 0 Å². The summed E-state index contributed by atoms with van der Waals surface area (Å²) in [6, 6.07) is 5.13. The molecule has 1 aromatic heterocycles. The van der Waals surface area contributed by atoms with Gasteiger partial charge < -0.3 is 5.32 Å². The quantitative estimate of drug-likeness (QED) is 0.922. The summed E-state index contributed by atoms with van der Waals surface area (Å²) in [5.41, 5.74) is 0.489. The standard InChI is InChI=1S/C15H15ClF3N3O/c1-9-14(16)10(2)22(21-9)8-13(23)20-7-11-5-3-4-6-12(11)15(17,18)19/h3-6H,7-8H2,1-2H3,(H,20,23). The molecular formula is C15H15ClF3N3O. The number of hydrogen-bond donors (Lipinski definition) is 1. The minimum absolute atomic E-state index is 0.0137. The SMILES string of the molecule is Cc1nn(CC(=O)NCc2ccccc2C(F)(F)F)c(C)c1Cl. The first-order chi connectivity index (χ1) is 10.7. The van der Waals surface area contributed by atoms with Gasteiger partial charge in [-0.05, 0) is 25.5 Å². The minimum atomic E-state index is -4.45. The van der Waals surface area contributed by atoms with E-state index in [1.165, 1.54) is 22.9 Å². The molecule has 124 valence electrons. The van der Waals surface area contributed by atoms with Crippen LogP contribution < -0.4 is 5.32 Å². The number of amides is 1. The molecule has 0 aliphatic rings. The number of carbonyl (C=O) groups is 1. The van der Waals surface area contributed by atoms with Gasteiger partial charge in [0.15, 0.2) is 0 Å². The van der Waals surface area contributed by atoms with Gasteiger partial charge >= 0.3 is 6.18 Å². The van der Waals surface area contributed by atoms with Crippen molar-refractivity contribution in [1.29, 1.82) is 0 Å². The molecule has 8 heteroatoms. The van der Waals surface area contributed by atoms with E-state index in [1.807, 2.05) is 0 Å². The second kappa shape index (κ2) is 6.62. The summed E-state index contributed by atoms with van der Waals surface area (Å²) in [4.78, 5) is 11.9. The van der Waals surface area contributed by atoms with Crippen LogP contribution in [0, 0.1) is 13.8 Å². The zero-order valence-electron chi connectivity index (χ0n) is 12.5. The van der Waals surface area contributed by atoms with Crippen molar-refractivity contribution in [2.24, 2.45) is 0 Å². The van der Waals surface area contributed by atoms with Gasteiger partial charge in [-0.25, -0.2) is 0 Å². The maximum Gasteiger partial charge on any atom is 0.416 e. The van der Waals surface area contributed by atoms with Crippen LogP contribution in [0.2, 0.25) is 5.02 Å². The lowest BCUT2D eigenvalue weighted by molar-refractivity contribution is -0.138. The molecule has 0 radical (unpaired) electrons. The summed E-state index contributed by atoms with van der Waals surface area (Å²) >= 11 is 5.99. The predicted molar refractivity (Wildman–Crippen MR) is 80.0 cm³/mol. The molecule has 0 unspecified atom stereocenters. The first-order valence-electron chi connectivity index (χ1n) is 6.81. The highest BCUT2D eigenvalue weighted by atomic mass is 35.5. The fourth-order valence-corrected chi connectivity index (χ4v) is 2.30. The van der Waals surface area contributed by atoms with E-state index < -0.39 is 17.6 Å². The van der Waals surface area contributed by atoms with Crippen molar-refractivity contribution in [3.8, 4) is 0 Å². The summed E-state index contributed by atoms with van der Waals surface area (Å²) < 4.78 is 40.1. The van der Waals surface area contributed by atoms with Crippen molar-refractivity contribution in [2.45, 2.75) is 33.1 Å². The van der Waals surface area contributed by atoms with E-state index in [-0.39, 0.29) is 18.7 Å². The van der Waals surface area contributed by atoms with Crippen LogP contribution >= 0.6 is 11.6 Å². The van der Waals surface area contributed by atoms with Crippen LogP contribution in [0.5, 0.6) is 0 Å². The number of hydrogen-bond acceptors (Lipinski definition) is 2. The highest BCUT2D eigenvalue weighted by Crippen LogP contribution is 2.31. The van der Waals surface area contributed by atoms with Gasteiger partial charge in [0, 0.05) is 6.54 Å². The smallest absolute Gasteiger partial charge is 0.350 e. The van der Waals surface area contributed by atoms with E-state index >= 15 is 0 Å². The second-order valence-corrected chi connectivity index (χ2v) is 5.45. The molecule has 2 rings (SSSR count). The number of halogens is 4. The van der Waals surface area contributed by atoms with E-state index in [0.29, 0.717) is 16.4 Å². The molecular weight excluding hydrogens is 331 g/mol.